The Morgan fingerprint density at radius 2 is 1.48 bits per heavy atom. The zero-order valence-electron chi connectivity index (χ0n) is 15.5. The minimum atomic E-state index is -1.62. The third-order valence-corrected chi connectivity index (χ3v) is 7.65. The van der Waals surface area contributed by atoms with Crippen molar-refractivity contribution in [1.82, 2.24) is 0 Å². The van der Waals surface area contributed by atoms with Gasteiger partial charge in [0.25, 0.3) is 0 Å². The van der Waals surface area contributed by atoms with Crippen LogP contribution >= 0.6 is 7.80 Å². The van der Waals surface area contributed by atoms with Gasteiger partial charge in [-0.1, -0.05) is 57.7 Å². The van der Waals surface area contributed by atoms with Crippen LogP contribution in [0, 0.1) is 20.8 Å². The van der Waals surface area contributed by atoms with Gasteiger partial charge in [0, 0.05) is 10.7 Å². The second-order valence-corrected chi connectivity index (χ2v) is 10.9. The molecule has 0 saturated heterocycles. The number of benzene rings is 1. The molecule has 0 spiro atoms. The van der Waals surface area contributed by atoms with Crippen molar-refractivity contribution in [3.05, 3.63) is 34.4 Å². The molecule has 0 heterocycles. The molecule has 0 bridgehead atoms. The van der Waals surface area contributed by atoms with Gasteiger partial charge in [-0.25, -0.2) is 0 Å². The number of hydrogen-bond donors (Lipinski definition) is 0. The van der Waals surface area contributed by atoms with Gasteiger partial charge in [0.2, 0.25) is 0 Å². The Labute approximate surface area is 141 Å². The van der Waals surface area contributed by atoms with Crippen molar-refractivity contribution in [3.63, 3.8) is 0 Å². The first kappa shape index (κ1) is 18.3. The summed E-state index contributed by atoms with van der Waals surface area (Å²) in [6.07, 6.45) is 4.70. The van der Waals surface area contributed by atoms with Crippen molar-refractivity contribution in [2.24, 2.45) is 0 Å². The van der Waals surface area contributed by atoms with Crippen LogP contribution in [0.3, 0.4) is 0 Å². The summed E-state index contributed by atoms with van der Waals surface area (Å²) in [5.74, 6) is 0.128. The average molecular weight is 333 g/mol. The fourth-order valence-electron chi connectivity index (χ4n) is 4.07. The maximum absolute atomic E-state index is 13.6. The van der Waals surface area contributed by atoms with Crippen molar-refractivity contribution in [3.8, 4) is 0 Å². The Hall–Kier alpha value is -1.01. The van der Waals surface area contributed by atoms with E-state index in [1.54, 1.807) is 0 Å². The topological polar surface area (TPSA) is 34.1 Å². The van der Waals surface area contributed by atoms with Gasteiger partial charge in [-0.2, -0.15) is 0 Å². The third-order valence-electron chi connectivity index (χ3n) is 5.01. The van der Waals surface area contributed by atoms with E-state index in [1.807, 2.05) is 34.6 Å². The molecule has 2 rings (SSSR count). The fourth-order valence-corrected chi connectivity index (χ4v) is 6.37. The molecule has 1 fully saturated rings. The highest BCUT2D eigenvalue weighted by Crippen LogP contribution is 2.57. The van der Waals surface area contributed by atoms with E-state index in [-0.39, 0.29) is 10.9 Å². The fraction of sp³-hybridized carbons (Fsp3) is 0.650. The van der Waals surface area contributed by atoms with Gasteiger partial charge in [-0.3, -0.25) is 9.36 Å². The van der Waals surface area contributed by atoms with E-state index < -0.39 is 13.0 Å². The first-order valence-corrected chi connectivity index (χ1v) is 9.96. The zero-order valence-corrected chi connectivity index (χ0v) is 16.3. The van der Waals surface area contributed by atoms with Gasteiger partial charge >= 0.3 is 0 Å². The van der Waals surface area contributed by atoms with E-state index >= 15 is 0 Å². The first-order chi connectivity index (χ1) is 10.6. The Morgan fingerprint density at radius 3 is 1.91 bits per heavy atom. The molecule has 0 aliphatic heterocycles. The van der Waals surface area contributed by atoms with Crippen LogP contribution in [0.15, 0.2) is 12.1 Å². The number of hydrogen-bond acceptors (Lipinski definition) is 2. The predicted octanol–water partition coefficient (Wildman–Crippen LogP) is 6.12. The van der Waals surface area contributed by atoms with Crippen molar-refractivity contribution in [1.29, 1.82) is 0 Å². The van der Waals surface area contributed by atoms with Crippen molar-refractivity contribution < 1.29 is 9.36 Å². The van der Waals surface area contributed by atoms with Crippen LogP contribution < -0.4 is 0 Å². The number of aryl methyl sites for hydroxylation is 3. The number of ketones is 1. The Bertz CT molecular complexity index is 609. The number of rotatable bonds is 3. The van der Waals surface area contributed by atoms with E-state index in [9.17, 15) is 9.36 Å². The molecular weight excluding hydrogens is 303 g/mol. The lowest BCUT2D eigenvalue weighted by atomic mass is 9.80. The second kappa shape index (κ2) is 6.48. The monoisotopic (exact) mass is 333 g/mol. The van der Waals surface area contributed by atoms with Gasteiger partial charge in [-0.15, -0.1) is 0 Å². The smallest absolute Gasteiger partial charge is 0.180 e. The quantitative estimate of drug-likeness (QED) is 0.493. The molecule has 1 saturated carbocycles. The summed E-state index contributed by atoms with van der Waals surface area (Å²) in [7, 11) is -1.62. The van der Waals surface area contributed by atoms with Gasteiger partial charge < -0.3 is 0 Å². The maximum Gasteiger partial charge on any atom is 0.180 e. The molecule has 127 valence electrons. The molecule has 1 aromatic rings. The van der Waals surface area contributed by atoms with Crippen LogP contribution in [0.2, 0.25) is 0 Å². The molecule has 1 atom stereocenters. The van der Waals surface area contributed by atoms with E-state index in [1.165, 1.54) is 5.56 Å². The highest BCUT2D eigenvalue weighted by Gasteiger charge is 2.50. The average Bonchev–Trinajstić information content (AvgIpc) is 2.45. The summed E-state index contributed by atoms with van der Waals surface area (Å²) in [6, 6.07) is 4.14. The molecule has 1 radical (unpaired) electrons. The molecule has 23 heavy (non-hydrogen) atoms. The van der Waals surface area contributed by atoms with Crippen LogP contribution in [0.25, 0.3) is 0 Å². The Morgan fingerprint density at radius 1 is 1.00 bits per heavy atom. The lowest BCUT2D eigenvalue weighted by Crippen LogP contribution is -2.41. The van der Waals surface area contributed by atoms with Crippen molar-refractivity contribution in [2.75, 3.05) is 0 Å². The van der Waals surface area contributed by atoms with Gasteiger partial charge in [0.15, 0.2) is 5.78 Å². The standard InChI is InChI=1S/C20H30O2P/c1-14-12-15(2)17(16(3)13-14)18(21)20(10-8-7-9-11-20)23(22)19(4,5)6/h12-13H,7-11H2,1-6H3. The summed E-state index contributed by atoms with van der Waals surface area (Å²) in [5, 5.41) is -1.01. The van der Waals surface area contributed by atoms with Gasteiger partial charge in [0.05, 0.1) is 7.80 Å². The zero-order chi connectivity index (χ0) is 17.4. The molecule has 0 N–H and O–H groups in total. The van der Waals surface area contributed by atoms with E-state index in [4.69, 9.17) is 0 Å². The molecule has 3 heteroatoms. The SMILES string of the molecule is Cc1cc(C)c(C(=O)C2([P](=O)C(C)(C)C)CCCCC2)c(C)c1. The predicted molar refractivity (Wildman–Crippen MR) is 98.2 cm³/mol. The highest BCUT2D eigenvalue weighted by molar-refractivity contribution is 7.49. The van der Waals surface area contributed by atoms with Crippen molar-refractivity contribution in [2.45, 2.75) is 84.0 Å². The highest BCUT2D eigenvalue weighted by atomic mass is 31.1. The minimum Gasteiger partial charge on any atom is -0.293 e. The van der Waals surface area contributed by atoms with Crippen LogP contribution in [0.1, 0.15) is 79.9 Å². The summed E-state index contributed by atoms with van der Waals surface area (Å²) >= 11 is 0. The molecule has 2 nitrogen and oxygen atoms in total. The summed E-state index contributed by atoms with van der Waals surface area (Å²) in [5.41, 5.74) is 4.03. The molecule has 0 aromatic heterocycles. The van der Waals surface area contributed by atoms with E-state index in [0.717, 1.165) is 48.8 Å². The number of carbonyl (C=O) groups is 1. The van der Waals surface area contributed by atoms with Gasteiger partial charge in [-0.05, 0) is 44.7 Å². The lowest BCUT2D eigenvalue weighted by molar-refractivity contribution is 0.0909. The summed E-state index contributed by atoms with van der Waals surface area (Å²) in [6.45, 7) is 12.1. The second-order valence-electron chi connectivity index (χ2n) is 8.16. The summed E-state index contributed by atoms with van der Waals surface area (Å²) in [4.78, 5) is 13.6. The Balaban J connectivity index is 2.57. The van der Waals surface area contributed by atoms with E-state index in [2.05, 4.69) is 19.1 Å². The van der Waals surface area contributed by atoms with Gasteiger partial charge in [0.1, 0.15) is 5.16 Å². The minimum absolute atomic E-state index is 0.128. The number of carbonyl (C=O) groups excluding carboxylic acids is 1. The largest absolute Gasteiger partial charge is 0.293 e. The molecule has 1 aliphatic rings. The molecule has 1 unspecified atom stereocenters. The molecular formula is C20H30O2P. The van der Waals surface area contributed by atoms with Crippen LogP contribution in [0.5, 0.6) is 0 Å². The Kier molecular flexibility index (Phi) is 5.16. The van der Waals surface area contributed by atoms with Crippen LogP contribution in [-0.4, -0.2) is 16.1 Å². The molecule has 1 aliphatic carbocycles. The number of Topliss-reactive ketones (excluding diaryl/α,β-unsaturated/α-hetero) is 1. The molecule has 0 amide bonds. The lowest BCUT2D eigenvalue weighted by Gasteiger charge is -2.39. The van der Waals surface area contributed by atoms with Crippen molar-refractivity contribution >= 4 is 13.6 Å². The first-order valence-electron chi connectivity index (χ1n) is 8.70. The van der Waals surface area contributed by atoms with Crippen LogP contribution in [0.4, 0.5) is 0 Å². The third kappa shape index (κ3) is 3.43. The van der Waals surface area contributed by atoms with E-state index in [0.29, 0.717) is 0 Å². The maximum atomic E-state index is 13.6. The summed E-state index contributed by atoms with van der Waals surface area (Å²) < 4.78 is 13.4. The van der Waals surface area contributed by atoms with Crippen LogP contribution in [-0.2, 0) is 4.57 Å². The normalized spacial score (nSPS) is 18.6. The molecule has 1 aromatic carbocycles.